The molecule has 2 aromatic rings. The molecule has 2 aromatic carbocycles. The molecule has 2 saturated heterocycles. The van der Waals surface area contributed by atoms with Gasteiger partial charge in [-0.1, -0.05) is 48.5 Å². The Morgan fingerprint density at radius 3 is 2.06 bits per heavy atom. The number of anilines is 1. The van der Waals surface area contributed by atoms with Crippen LogP contribution in [0.3, 0.4) is 0 Å². The minimum atomic E-state index is 0.0734. The molecule has 1 aliphatic carbocycles. The van der Waals surface area contributed by atoms with Crippen LogP contribution in [-0.4, -0.2) is 60.9 Å². The number of rotatable bonds is 4. The Labute approximate surface area is 190 Å². The lowest BCUT2D eigenvalue weighted by Crippen LogP contribution is -2.50. The van der Waals surface area contributed by atoms with Gasteiger partial charge in [-0.25, -0.2) is 0 Å². The maximum Gasteiger partial charge on any atom is 0.246 e. The van der Waals surface area contributed by atoms with Crippen molar-refractivity contribution < 1.29 is 9.59 Å². The molecule has 1 atom stereocenters. The first-order chi connectivity index (χ1) is 15.6. The van der Waals surface area contributed by atoms with Crippen molar-refractivity contribution in [3.63, 3.8) is 0 Å². The highest BCUT2D eigenvalue weighted by Gasteiger charge is 2.59. The largest absolute Gasteiger partial charge is 0.368 e. The number of benzene rings is 2. The van der Waals surface area contributed by atoms with Crippen molar-refractivity contribution >= 4 is 23.6 Å². The second-order valence-corrected chi connectivity index (χ2v) is 9.34. The summed E-state index contributed by atoms with van der Waals surface area (Å²) in [4.78, 5) is 32.1. The van der Waals surface area contributed by atoms with Crippen LogP contribution >= 0.6 is 0 Å². The number of hydrogen-bond acceptors (Lipinski definition) is 3. The fraction of sp³-hybridized carbons (Fsp3) is 0.407. The highest BCUT2D eigenvalue weighted by atomic mass is 16.2. The SMILES string of the molecule is O=C(/C=C/c1ccccc1)N1CCC2(CC1)CC2C(=O)N1CCN(c2ccccc2)CC1. The quantitative estimate of drug-likeness (QED) is 0.697. The van der Waals surface area contributed by atoms with Crippen molar-refractivity contribution in [2.24, 2.45) is 11.3 Å². The third-order valence-corrected chi connectivity index (χ3v) is 7.49. The Morgan fingerprint density at radius 1 is 0.781 bits per heavy atom. The van der Waals surface area contributed by atoms with E-state index in [4.69, 9.17) is 0 Å². The van der Waals surface area contributed by atoms with Crippen LogP contribution < -0.4 is 4.90 Å². The molecule has 1 saturated carbocycles. The summed E-state index contributed by atoms with van der Waals surface area (Å²) in [6.45, 7) is 4.90. The van der Waals surface area contributed by atoms with Gasteiger partial charge in [-0.05, 0) is 48.4 Å². The molecule has 166 valence electrons. The Morgan fingerprint density at radius 2 is 1.41 bits per heavy atom. The fourth-order valence-corrected chi connectivity index (χ4v) is 5.30. The second kappa shape index (κ2) is 8.81. The number of para-hydroxylation sites is 1. The van der Waals surface area contributed by atoms with Crippen LogP contribution in [0.2, 0.25) is 0 Å². The highest BCUT2D eigenvalue weighted by Crippen LogP contribution is 2.60. The fourth-order valence-electron chi connectivity index (χ4n) is 5.30. The summed E-state index contributed by atoms with van der Waals surface area (Å²) in [5.41, 5.74) is 2.41. The van der Waals surface area contributed by atoms with Crippen LogP contribution in [0.25, 0.3) is 6.08 Å². The first kappa shape index (κ1) is 20.8. The number of amides is 2. The molecule has 0 aromatic heterocycles. The number of carbonyl (C=O) groups is 2. The minimum Gasteiger partial charge on any atom is -0.368 e. The molecule has 5 nitrogen and oxygen atoms in total. The van der Waals surface area contributed by atoms with E-state index in [1.165, 1.54) is 5.69 Å². The van der Waals surface area contributed by atoms with Crippen LogP contribution in [0.4, 0.5) is 5.69 Å². The number of nitrogens with zero attached hydrogens (tertiary/aromatic N) is 3. The average molecular weight is 430 g/mol. The zero-order chi connectivity index (χ0) is 22.0. The Balaban J connectivity index is 1.10. The van der Waals surface area contributed by atoms with Crippen LogP contribution in [0.5, 0.6) is 0 Å². The van der Waals surface area contributed by atoms with Crippen LogP contribution in [-0.2, 0) is 9.59 Å². The molecular formula is C27H31N3O2. The Bertz CT molecular complexity index is 972. The predicted octanol–water partition coefficient (Wildman–Crippen LogP) is 3.68. The monoisotopic (exact) mass is 429 g/mol. The Hall–Kier alpha value is -3.08. The predicted molar refractivity (Wildman–Crippen MR) is 127 cm³/mol. The van der Waals surface area contributed by atoms with Gasteiger partial charge in [0.15, 0.2) is 0 Å². The van der Waals surface area contributed by atoms with Gasteiger partial charge >= 0.3 is 0 Å². The van der Waals surface area contributed by atoms with E-state index in [9.17, 15) is 9.59 Å². The summed E-state index contributed by atoms with van der Waals surface area (Å²) in [5.74, 6) is 0.564. The summed E-state index contributed by atoms with van der Waals surface area (Å²) in [6, 6.07) is 20.3. The third-order valence-electron chi connectivity index (χ3n) is 7.49. The molecule has 2 amide bonds. The van der Waals surface area contributed by atoms with E-state index in [-0.39, 0.29) is 17.2 Å². The van der Waals surface area contributed by atoms with Crippen LogP contribution in [0.15, 0.2) is 66.7 Å². The lowest BCUT2D eigenvalue weighted by molar-refractivity contribution is -0.134. The van der Waals surface area contributed by atoms with E-state index < -0.39 is 0 Å². The molecule has 5 rings (SSSR count). The van der Waals surface area contributed by atoms with Gasteiger partial charge in [0.25, 0.3) is 0 Å². The van der Waals surface area contributed by atoms with Gasteiger partial charge < -0.3 is 14.7 Å². The Kier molecular flexibility index (Phi) is 5.73. The molecule has 5 heteroatoms. The molecule has 1 spiro atoms. The van der Waals surface area contributed by atoms with Gasteiger partial charge in [-0.15, -0.1) is 0 Å². The zero-order valence-corrected chi connectivity index (χ0v) is 18.5. The topological polar surface area (TPSA) is 43.9 Å². The standard InChI is InChI=1S/C27H31N3O2/c31-25(12-11-22-7-3-1-4-8-22)29-15-13-27(14-16-29)21-24(27)26(32)30-19-17-28(18-20-30)23-9-5-2-6-10-23/h1-12,24H,13-21H2/b12-11+. The first-order valence-electron chi connectivity index (χ1n) is 11.8. The second-order valence-electron chi connectivity index (χ2n) is 9.34. The summed E-state index contributed by atoms with van der Waals surface area (Å²) < 4.78 is 0. The van der Waals surface area contributed by atoms with Crippen molar-refractivity contribution in [1.29, 1.82) is 0 Å². The van der Waals surface area contributed by atoms with Crippen molar-refractivity contribution in [2.75, 3.05) is 44.2 Å². The molecule has 0 radical (unpaired) electrons. The number of likely N-dealkylation sites (tertiary alicyclic amines) is 1. The van der Waals surface area contributed by atoms with Gasteiger partial charge in [0.05, 0.1) is 0 Å². The molecule has 0 N–H and O–H groups in total. The van der Waals surface area contributed by atoms with E-state index in [1.807, 2.05) is 47.4 Å². The maximum atomic E-state index is 13.2. The summed E-state index contributed by atoms with van der Waals surface area (Å²) >= 11 is 0. The number of carbonyl (C=O) groups excluding carboxylic acids is 2. The highest BCUT2D eigenvalue weighted by molar-refractivity contribution is 5.92. The number of piperazine rings is 1. The molecule has 1 unspecified atom stereocenters. The number of hydrogen-bond donors (Lipinski definition) is 0. The van der Waals surface area contributed by atoms with Crippen molar-refractivity contribution in [2.45, 2.75) is 19.3 Å². The minimum absolute atomic E-state index is 0.0734. The molecule has 3 fully saturated rings. The van der Waals surface area contributed by atoms with Crippen molar-refractivity contribution in [3.05, 3.63) is 72.3 Å². The van der Waals surface area contributed by atoms with E-state index in [1.54, 1.807) is 6.08 Å². The molecular weight excluding hydrogens is 398 g/mol. The zero-order valence-electron chi connectivity index (χ0n) is 18.5. The lowest BCUT2D eigenvalue weighted by Gasteiger charge is -2.37. The first-order valence-corrected chi connectivity index (χ1v) is 11.8. The van der Waals surface area contributed by atoms with E-state index in [0.29, 0.717) is 5.91 Å². The molecule has 2 aliphatic heterocycles. The van der Waals surface area contributed by atoms with Gasteiger partial charge in [0, 0.05) is 56.9 Å². The molecule has 32 heavy (non-hydrogen) atoms. The van der Waals surface area contributed by atoms with Crippen LogP contribution in [0, 0.1) is 11.3 Å². The van der Waals surface area contributed by atoms with Crippen molar-refractivity contribution in [3.8, 4) is 0 Å². The van der Waals surface area contributed by atoms with Gasteiger partial charge in [0.1, 0.15) is 0 Å². The molecule has 0 bridgehead atoms. The normalized spacial score (nSPS) is 22.4. The summed E-state index contributed by atoms with van der Waals surface area (Å²) in [6.07, 6.45) is 6.43. The third kappa shape index (κ3) is 4.29. The van der Waals surface area contributed by atoms with Gasteiger partial charge in [-0.2, -0.15) is 0 Å². The van der Waals surface area contributed by atoms with Gasteiger partial charge in [0.2, 0.25) is 11.8 Å². The summed E-state index contributed by atoms with van der Waals surface area (Å²) in [7, 11) is 0. The molecule has 2 heterocycles. The van der Waals surface area contributed by atoms with Crippen LogP contribution in [0.1, 0.15) is 24.8 Å². The smallest absolute Gasteiger partial charge is 0.246 e. The van der Waals surface area contributed by atoms with E-state index >= 15 is 0 Å². The van der Waals surface area contributed by atoms with E-state index in [0.717, 1.165) is 64.1 Å². The van der Waals surface area contributed by atoms with Gasteiger partial charge in [-0.3, -0.25) is 9.59 Å². The number of piperidine rings is 1. The average Bonchev–Trinajstić information content (AvgIpc) is 3.56. The summed E-state index contributed by atoms with van der Waals surface area (Å²) in [5, 5.41) is 0. The van der Waals surface area contributed by atoms with E-state index in [2.05, 4.69) is 34.1 Å². The van der Waals surface area contributed by atoms with Crippen molar-refractivity contribution in [1.82, 2.24) is 9.80 Å². The molecule has 3 aliphatic rings. The maximum absolute atomic E-state index is 13.2. The lowest BCUT2D eigenvalue weighted by atomic mass is 9.90.